The third-order valence-electron chi connectivity index (χ3n) is 5.68. The van der Waals surface area contributed by atoms with Crippen molar-refractivity contribution >= 4 is 11.1 Å². The van der Waals surface area contributed by atoms with E-state index in [-0.39, 0.29) is 0 Å². The zero-order chi connectivity index (χ0) is 18.8. The fourth-order valence-electron chi connectivity index (χ4n) is 4.32. The normalized spacial score (nSPS) is 16.7. The number of methoxy groups -OCH3 is 1. The molecule has 0 unspecified atom stereocenters. The molecule has 142 valence electrons. The number of fused-ring (bicyclic) bond motifs is 2. The Labute approximate surface area is 161 Å². The van der Waals surface area contributed by atoms with Crippen molar-refractivity contribution in [1.29, 1.82) is 0 Å². The summed E-state index contributed by atoms with van der Waals surface area (Å²) in [5, 5.41) is 0. The number of oxazole rings is 1. The summed E-state index contributed by atoms with van der Waals surface area (Å²) in [5.41, 5.74) is 6.02. The van der Waals surface area contributed by atoms with Gasteiger partial charge in [-0.1, -0.05) is 18.2 Å². The van der Waals surface area contributed by atoms with Crippen LogP contribution >= 0.6 is 0 Å². The second kappa shape index (κ2) is 7.73. The van der Waals surface area contributed by atoms with Crippen molar-refractivity contribution < 1.29 is 9.15 Å². The molecule has 0 radical (unpaired) electrons. The van der Waals surface area contributed by atoms with Crippen LogP contribution in [-0.4, -0.2) is 37.1 Å². The fourth-order valence-corrected chi connectivity index (χ4v) is 4.32. The lowest BCUT2D eigenvalue weighted by molar-refractivity contribution is 0.299. The molecule has 4 rings (SSSR count). The minimum Gasteiger partial charge on any atom is -0.496 e. The lowest BCUT2D eigenvalue weighted by Gasteiger charge is -2.30. The summed E-state index contributed by atoms with van der Waals surface area (Å²) in [6.45, 7) is 4.02. The summed E-state index contributed by atoms with van der Waals surface area (Å²) in [6, 6.07) is 12.9. The number of hydrogen-bond acceptors (Lipinski definition) is 4. The molecule has 1 atom stereocenters. The number of nitrogens with zero attached hydrogens (tertiary/aromatic N) is 2. The first-order chi connectivity index (χ1) is 13.1. The molecule has 1 heterocycles. The number of ether oxygens (including phenoxy) is 1. The maximum atomic E-state index is 5.66. The van der Waals surface area contributed by atoms with E-state index in [1.165, 1.54) is 29.5 Å². The Kier molecular flexibility index (Phi) is 5.17. The van der Waals surface area contributed by atoms with Gasteiger partial charge >= 0.3 is 0 Å². The van der Waals surface area contributed by atoms with Gasteiger partial charge in [0.05, 0.1) is 7.11 Å². The van der Waals surface area contributed by atoms with Crippen LogP contribution in [0.3, 0.4) is 0 Å². The van der Waals surface area contributed by atoms with Crippen molar-refractivity contribution in [3.8, 4) is 5.75 Å². The number of aromatic nitrogens is 1. The van der Waals surface area contributed by atoms with Gasteiger partial charge in [0.15, 0.2) is 11.5 Å². The quantitative estimate of drug-likeness (QED) is 0.633. The van der Waals surface area contributed by atoms with Gasteiger partial charge in [0.25, 0.3) is 0 Å². The zero-order valence-corrected chi connectivity index (χ0v) is 16.5. The van der Waals surface area contributed by atoms with E-state index in [9.17, 15) is 0 Å². The summed E-state index contributed by atoms with van der Waals surface area (Å²) < 4.78 is 11.2. The van der Waals surface area contributed by atoms with E-state index in [4.69, 9.17) is 9.15 Å². The number of hydrogen-bond donors (Lipinski definition) is 0. The Morgan fingerprint density at radius 1 is 1.26 bits per heavy atom. The van der Waals surface area contributed by atoms with Crippen LogP contribution in [0.5, 0.6) is 5.75 Å². The first-order valence-corrected chi connectivity index (χ1v) is 9.84. The molecule has 1 aliphatic carbocycles. The average Bonchev–Trinajstić information content (AvgIpc) is 3.05. The molecule has 0 fully saturated rings. The first-order valence-electron chi connectivity index (χ1n) is 9.84. The van der Waals surface area contributed by atoms with Gasteiger partial charge in [-0.2, -0.15) is 0 Å². The van der Waals surface area contributed by atoms with Crippen molar-refractivity contribution in [2.75, 3.05) is 27.2 Å². The summed E-state index contributed by atoms with van der Waals surface area (Å²) in [5.74, 6) is 2.37. The summed E-state index contributed by atoms with van der Waals surface area (Å²) in [6.07, 6.45) is 4.65. The molecular weight excluding hydrogens is 336 g/mol. The second-order valence-corrected chi connectivity index (χ2v) is 7.66. The van der Waals surface area contributed by atoms with E-state index in [0.717, 1.165) is 48.7 Å². The van der Waals surface area contributed by atoms with Gasteiger partial charge in [0, 0.05) is 20.0 Å². The highest BCUT2D eigenvalue weighted by Crippen LogP contribution is 2.36. The van der Waals surface area contributed by atoms with Crippen molar-refractivity contribution in [3.63, 3.8) is 0 Å². The van der Waals surface area contributed by atoms with Crippen molar-refractivity contribution in [3.05, 3.63) is 59.0 Å². The van der Waals surface area contributed by atoms with Crippen LogP contribution in [0, 0.1) is 6.92 Å². The molecule has 2 aromatic carbocycles. The maximum absolute atomic E-state index is 5.66. The van der Waals surface area contributed by atoms with Gasteiger partial charge in [-0.15, -0.1) is 0 Å². The van der Waals surface area contributed by atoms with Crippen LogP contribution in [0.25, 0.3) is 11.1 Å². The highest BCUT2D eigenvalue weighted by Gasteiger charge is 2.23. The van der Waals surface area contributed by atoms with E-state index in [0.29, 0.717) is 5.92 Å². The smallest absolute Gasteiger partial charge is 0.192 e. The van der Waals surface area contributed by atoms with E-state index < -0.39 is 0 Å². The Morgan fingerprint density at radius 2 is 2.15 bits per heavy atom. The molecule has 0 spiro atoms. The molecule has 0 aliphatic heterocycles. The molecule has 0 N–H and O–H groups in total. The van der Waals surface area contributed by atoms with E-state index in [1.807, 2.05) is 6.92 Å². The largest absolute Gasteiger partial charge is 0.496 e. The standard InChI is InChI=1S/C23H28N2O2/c1-16-24-21-11-10-17(14-23(21)27-16)12-13-25(2)15-18-6-4-8-20-19(18)7-5-9-22(20)26-3/h5,7,9-11,14,18H,4,6,8,12-13,15H2,1-3H3/t18-/m0/s1. The van der Waals surface area contributed by atoms with E-state index in [2.05, 4.69) is 53.3 Å². The van der Waals surface area contributed by atoms with Crippen LogP contribution in [0.15, 0.2) is 40.8 Å². The molecule has 0 saturated carbocycles. The molecule has 1 aromatic heterocycles. The van der Waals surface area contributed by atoms with E-state index in [1.54, 1.807) is 7.11 Å². The van der Waals surface area contributed by atoms with E-state index >= 15 is 0 Å². The minimum atomic E-state index is 0.591. The average molecular weight is 364 g/mol. The Hall–Kier alpha value is -2.33. The molecule has 1 aliphatic rings. The molecular formula is C23H28N2O2. The minimum absolute atomic E-state index is 0.591. The first kappa shape index (κ1) is 18.1. The Morgan fingerprint density at radius 3 is 3.00 bits per heavy atom. The molecule has 3 aromatic rings. The summed E-state index contributed by atoms with van der Waals surface area (Å²) >= 11 is 0. The number of rotatable bonds is 6. The van der Waals surface area contributed by atoms with Gasteiger partial charge < -0.3 is 14.1 Å². The van der Waals surface area contributed by atoms with Gasteiger partial charge in [0.1, 0.15) is 11.3 Å². The lowest BCUT2D eigenvalue weighted by Crippen LogP contribution is -2.28. The molecule has 0 bridgehead atoms. The predicted molar refractivity (Wildman–Crippen MR) is 109 cm³/mol. The van der Waals surface area contributed by atoms with Gasteiger partial charge in [-0.25, -0.2) is 4.98 Å². The predicted octanol–water partition coefficient (Wildman–Crippen LogP) is 4.74. The SMILES string of the molecule is COc1cccc2c1CCC[C@H]2CN(C)CCc1ccc2nc(C)oc2c1. The third-order valence-corrected chi connectivity index (χ3v) is 5.68. The summed E-state index contributed by atoms with van der Waals surface area (Å²) in [7, 11) is 4.00. The molecule has 27 heavy (non-hydrogen) atoms. The molecule has 0 amide bonds. The number of aryl methyl sites for hydroxylation is 1. The lowest BCUT2D eigenvalue weighted by atomic mass is 9.82. The van der Waals surface area contributed by atoms with Crippen molar-refractivity contribution in [2.24, 2.45) is 0 Å². The number of benzene rings is 2. The molecule has 4 heteroatoms. The topological polar surface area (TPSA) is 38.5 Å². The number of likely N-dealkylation sites (N-methyl/N-ethyl adjacent to an activating group) is 1. The van der Waals surface area contributed by atoms with Gasteiger partial charge in [-0.3, -0.25) is 0 Å². The maximum Gasteiger partial charge on any atom is 0.192 e. The summed E-state index contributed by atoms with van der Waals surface area (Å²) in [4.78, 5) is 6.83. The fraction of sp³-hybridized carbons (Fsp3) is 0.435. The van der Waals surface area contributed by atoms with Crippen LogP contribution in [0.2, 0.25) is 0 Å². The van der Waals surface area contributed by atoms with Gasteiger partial charge in [-0.05, 0) is 73.5 Å². The van der Waals surface area contributed by atoms with Crippen molar-refractivity contribution in [1.82, 2.24) is 9.88 Å². The zero-order valence-electron chi connectivity index (χ0n) is 16.5. The monoisotopic (exact) mass is 364 g/mol. The van der Waals surface area contributed by atoms with Crippen LogP contribution in [0.4, 0.5) is 0 Å². The molecule has 0 saturated heterocycles. The third kappa shape index (κ3) is 3.86. The van der Waals surface area contributed by atoms with Crippen LogP contribution < -0.4 is 4.74 Å². The Bertz CT molecular complexity index is 931. The highest BCUT2D eigenvalue weighted by atomic mass is 16.5. The highest BCUT2D eigenvalue weighted by molar-refractivity contribution is 5.73. The Balaban J connectivity index is 1.40. The second-order valence-electron chi connectivity index (χ2n) is 7.66. The van der Waals surface area contributed by atoms with Gasteiger partial charge in [0.2, 0.25) is 0 Å². The van der Waals surface area contributed by atoms with Crippen molar-refractivity contribution in [2.45, 2.75) is 38.5 Å². The molecule has 4 nitrogen and oxygen atoms in total. The van der Waals surface area contributed by atoms with Crippen LogP contribution in [-0.2, 0) is 12.8 Å². The van der Waals surface area contributed by atoms with Crippen LogP contribution in [0.1, 0.15) is 41.3 Å².